The molecule has 0 saturated carbocycles. The van der Waals surface area contributed by atoms with E-state index in [1.807, 2.05) is 13.8 Å². The molecular formula is C20H34N2O5. The second-order valence-electron chi connectivity index (χ2n) is 7.83. The van der Waals surface area contributed by atoms with E-state index in [9.17, 15) is 14.7 Å². The monoisotopic (exact) mass is 382 g/mol. The first-order valence-electron chi connectivity index (χ1n) is 9.50. The average Bonchev–Trinajstić information content (AvgIpc) is 2.55. The van der Waals surface area contributed by atoms with E-state index in [0.717, 1.165) is 12.8 Å². The number of rotatable bonds is 8. The summed E-state index contributed by atoms with van der Waals surface area (Å²) in [5.74, 6) is -1.03. The molecule has 1 aliphatic carbocycles. The van der Waals surface area contributed by atoms with Gasteiger partial charge in [-0.1, -0.05) is 19.9 Å². The number of carbonyl (C=O) groups is 2. The largest absolute Gasteiger partial charge is 0.478 e. The molecule has 0 radical (unpaired) electrons. The smallest absolute Gasteiger partial charge is 0.407 e. The summed E-state index contributed by atoms with van der Waals surface area (Å²) in [6.45, 7) is 13.0. The molecule has 0 aromatic heterocycles. The Labute approximate surface area is 162 Å². The van der Waals surface area contributed by atoms with E-state index >= 15 is 0 Å². The van der Waals surface area contributed by atoms with Gasteiger partial charge in [-0.15, -0.1) is 6.58 Å². The van der Waals surface area contributed by atoms with Crippen molar-refractivity contribution in [2.45, 2.75) is 90.2 Å². The number of allylic oxidation sites excluding steroid dienone is 1. The third kappa shape index (κ3) is 6.66. The predicted octanol–water partition coefficient (Wildman–Crippen LogP) is 3.14. The fourth-order valence-corrected chi connectivity index (χ4v) is 3.19. The van der Waals surface area contributed by atoms with Crippen LogP contribution >= 0.6 is 0 Å². The molecule has 3 atom stereocenters. The highest BCUT2D eigenvalue weighted by Gasteiger charge is 2.40. The first-order chi connectivity index (χ1) is 12.5. The topological polar surface area (TPSA) is 111 Å². The van der Waals surface area contributed by atoms with Crippen LogP contribution in [0.2, 0.25) is 0 Å². The Kier molecular flexibility index (Phi) is 8.50. The summed E-state index contributed by atoms with van der Waals surface area (Å²) in [5.41, 5.74) is 6.60. The molecule has 0 aliphatic heterocycles. The number of amides is 1. The highest BCUT2D eigenvalue weighted by molar-refractivity contribution is 5.88. The van der Waals surface area contributed by atoms with Crippen LogP contribution < -0.4 is 11.1 Å². The van der Waals surface area contributed by atoms with Crippen LogP contribution in [0.5, 0.6) is 0 Å². The number of carboxylic acids is 1. The summed E-state index contributed by atoms with van der Waals surface area (Å²) in [7, 11) is 0. The molecule has 0 aromatic rings. The van der Waals surface area contributed by atoms with E-state index in [1.54, 1.807) is 26.8 Å². The van der Waals surface area contributed by atoms with E-state index in [-0.39, 0.29) is 18.1 Å². The first kappa shape index (κ1) is 23.2. The average molecular weight is 383 g/mol. The van der Waals surface area contributed by atoms with Crippen LogP contribution in [0.4, 0.5) is 4.79 Å². The Morgan fingerprint density at radius 3 is 2.41 bits per heavy atom. The zero-order chi connectivity index (χ0) is 20.8. The standard InChI is InChI=1S/C20H34N2O5/c1-7-10-13-14(18(23)24)11-15(22-19(25)27-20(4,5)6)16(21)17(13)26-12(8-2)9-3/h7,12,15-17H,1,8-11,21H2,2-6H3,(H,22,25)(H,23,24)/t15-,16+,17+/m0/s1. The fourth-order valence-electron chi connectivity index (χ4n) is 3.19. The highest BCUT2D eigenvalue weighted by atomic mass is 16.6. The van der Waals surface area contributed by atoms with Crippen LogP contribution in [0.15, 0.2) is 23.8 Å². The lowest BCUT2D eigenvalue weighted by Crippen LogP contribution is -2.58. The number of nitrogens with two attached hydrogens (primary N) is 1. The van der Waals surface area contributed by atoms with Crippen molar-refractivity contribution in [1.29, 1.82) is 0 Å². The van der Waals surface area contributed by atoms with Gasteiger partial charge in [-0.25, -0.2) is 9.59 Å². The van der Waals surface area contributed by atoms with Gasteiger partial charge in [0.15, 0.2) is 0 Å². The third-order valence-corrected chi connectivity index (χ3v) is 4.54. The Balaban J connectivity index is 3.18. The summed E-state index contributed by atoms with van der Waals surface area (Å²) in [6, 6.07) is -1.19. The molecule has 0 fully saturated rings. The van der Waals surface area contributed by atoms with Gasteiger partial charge < -0.3 is 25.6 Å². The Bertz CT molecular complexity index is 575. The minimum Gasteiger partial charge on any atom is -0.478 e. The van der Waals surface area contributed by atoms with E-state index in [0.29, 0.717) is 12.0 Å². The Morgan fingerprint density at radius 1 is 1.37 bits per heavy atom. The number of carbonyl (C=O) groups excluding carboxylic acids is 1. The van der Waals surface area contributed by atoms with E-state index in [1.165, 1.54) is 0 Å². The van der Waals surface area contributed by atoms with Crippen LogP contribution in [-0.4, -0.2) is 47.1 Å². The zero-order valence-corrected chi connectivity index (χ0v) is 17.1. The Hall–Kier alpha value is -1.86. The van der Waals surface area contributed by atoms with Crippen molar-refractivity contribution in [1.82, 2.24) is 5.32 Å². The third-order valence-electron chi connectivity index (χ3n) is 4.54. The summed E-state index contributed by atoms with van der Waals surface area (Å²) >= 11 is 0. The molecule has 4 N–H and O–H groups in total. The van der Waals surface area contributed by atoms with E-state index in [2.05, 4.69) is 11.9 Å². The van der Waals surface area contributed by atoms with Gasteiger partial charge >= 0.3 is 12.1 Å². The van der Waals surface area contributed by atoms with Gasteiger partial charge in [0, 0.05) is 12.0 Å². The summed E-state index contributed by atoms with van der Waals surface area (Å²) in [5, 5.41) is 12.4. The molecule has 154 valence electrons. The molecule has 0 aromatic carbocycles. The Morgan fingerprint density at radius 2 is 1.96 bits per heavy atom. The van der Waals surface area contributed by atoms with Crippen molar-refractivity contribution in [3.63, 3.8) is 0 Å². The van der Waals surface area contributed by atoms with E-state index < -0.39 is 35.9 Å². The second-order valence-corrected chi connectivity index (χ2v) is 7.83. The second kappa shape index (κ2) is 9.90. The molecular weight excluding hydrogens is 348 g/mol. The number of hydrogen-bond donors (Lipinski definition) is 3. The summed E-state index contributed by atoms with van der Waals surface area (Å²) < 4.78 is 11.5. The number of alkyl carbamates (subject to hydrolysis) is 1. The molecule has 7 heteroatoms. The maximum atomic E-state index is 12.2. The fraction of sp³-hybridized carbons (Fsp3) is 0.700. The normalized spacial score (nSPS) is 23.3. The van der Waals surface area contributed by atoms with Gasteiger partial charge in [-0.05, 0) is 45.6 Å². The van der Waals surface area contributed by atoms with Crippen LogP contribution in [-0.2, 0) is 14.3 Å². The van der Waals surface area contributed by atoms with Crippen LogP contribution in [0, 0.1) is 0 Å². The molecule has 0 unspecified atom stereocenters. The van der Waals surface area contributed by atoms with Crippen molar-refractivity contribution in [3.8, 4) is 0 Å². The van der Waals surface area contributed by atoms with Gasteiger partial charge in [-0.2, -0.15) is 0 Å². The zero-order valence-electron chi connectivity index (χ0n) is 17.1. The molecule has 0 bridgehead atoms. The summed E-state index contributed by atoms with van der Waals surface area (Å²) in [4.78, 5) is 24.0. The van der Waals surface area contributed by atoms with Crippen molar-refractivity contribution in [2.75, 3.05) is 0 Å². The number of ether oxygens (including phenoxy) is 2. The van der Waals surface area contributed by atoms with E-state index in [4.69, 9.17) is 15.2 Å². The number of aliphatic carboxylic acids is 1. The van der Waals surface area contributed by atoms with Gasteiger partial charge in [0.05, 0.1) is 24.3 Å². The van der Waals surface area contributed by atoms with Gasteiger partial charge in [0.2, 0.25) is 0 Å². The quantitative estimate of drug-likeness (QED) is 0.556. The molecule has 1 amide bonds. The highest BCUT2D eigenvalue weighted by Crippen LogP contribution is 2.31. The lowest BCUT2D eigenvalue weighted by molar-refractivity contribution is -0.133. The minimum atomic E-state index is -1.03. The van der Waals surface area contributed by atoms with Crippen molar-refractivity contribution in [2.24, 2.45) is 5.73 Å². The van der Waals surface area contributed by atoms with Gasteiger partial charge in [0.1, 0.15) is 5.60 Å². The van der Waals surface area contributed by atoms with Gasteiger partial charge in [0.25, 0.3) is 0 Å². The molecule has 0 spiro atoms. The van der Waals surface area contributed by atoms with Gasteiger partial charge in [-0.3, -0.25) is 0 Å². The first-order valence-corrected chi connectivity index (χ1v) is 9.50. The summed E-state index contributed by atoms with van der Waals surface area (Å²) in [6.07, 6.45) is 2.43. The van der Waals surface area contributed by atoms with Crippen molar-refractivity contribution >= 4 is 12.1 Å². The number of carboxylic acid groups (broad SMARTS) is 1. The molecule has 1 rings (SSSR count). The van der Waals surface area contributed by atoms with Crippen LogP contribution in [0.1, 0.15) is 60.3 Å². The maximum Gasteiger partial charge on any atom is 0.407 e. The molecule has 0 saturated heterocycles. The predicted molar refractivity (Wildman–Crippen MR) is 104 cm³/mol. The van der Waals surface area contributed by atoms with Crippen LogP contribution in [0.3, 0.4) is 0 Å². The molecule has 7 nitrogen and oxygen atoms in total. The SMILES string of the molecule is C=CCC1=C(C(=O)O)C[C@H](NC(=O)OC(C)(C)C)[C@@H](N)[C@@H]1OC(CC)CC. The van der Waals surface area contributed by atoms with Crippen molar-refractivity contribution in [3.05, 3.63) is 23.8 Å². The van der Waals surface area contributed by atoms with Crippen LogP contribution in [0.25, 0.3) is 0 Å². The lowest BCUT2D eigenvalue weighted by atomic mass is 9.81. The number of nitrogens with one attached hydrogen (secondary N) is 1. The number of hydrogen-bond acceptors (Lipinski definition) is 5. The molecule has 1 aliphatic rings. The van der Waals surface area contributed by atoms with Crippen molar-refractivity contribution < 1.29 is 24.2 Å². The maximum absolute atomic E-state index is 12.2. The molecule has 0 heterocycles. The molecule has 27 heavy (non-hydrogen) atoms. The minimum absolute atomic E-state index is 0.0452. The lowest BCUT2D eigenvalue weighted by Gasteiger charge is -2.39.